The fourth-order valence-electron chi connectivity index (χ4n) is 2.17. The fourth-order valence-corrected chi connectivity index (χ4v) is 3.02. The lowest BCUT2D eigenvalue weighted by Gasteiger charge is -2.14. The third-order valence-corrected chi connectivity index (χ3v) is 4.27. The van der Waals surface area contributed by atoms with Crippen molar-refractivity contribution in [1.82, 2.24) is 10.6 Å². The molecular weight excluding hydrogens is 472 g/mol. The van der Waals surface area contributed by atoms with Gasteiger partial charge in [0, 0.05) is 33.0 Å². The normalized spacial score (nSPS) is 11.8. The number of rotatable bonds is 10. The van der Waals surface area contributed by atoms with Gasteiger partial charge in [0.2, 0.25) is 0 Å². The van der Waals surface area contributed by atoms with Crippen molar-refractivity contribution in [2.75, 3.05) is 33.1 Å². The standard InChI is InChI=1S/C17H28FN3O3S.HI/c1-4-5-9-24-10-8-20-17(19-2)21-12-15-11-16(18)7-6-14(15)13-25(3,22)23;/h6-7,11H,4-5,8-10,12-13H2,1-3H3,(H2,19,20,21);1H. The van der Waals surface area contributed by atoms with E-state index >= 15 is 0 Å². The van der Waals surface area contributed by atoms with Gasteiger partial charge in [-0.15, -0.1) is 24.0 Å². The fraction of sp³-hybridized carbons (Fsp3) is 0.588. The Labute approximate surface area is 172 Å². The van der Waals surface area contributed by atoms with Gasteiger partial charge in [0.25, 0.3) is 0 Å². The van der Waals surface area contributed by atoms with E-state index in [1.807, 2.05) is 0 Å². The molecule has 0 aromatic heterocycles. The molecule has 0 radical (unpaired) electrons. The summed E-state index contributed by atoms with van der Waals surface area (Å²) in [7, 11) is -1.56. The van der Waals surface area contributed by atoms with Crippen LogP contribution < -0.4 is 10.6 Å². The van der Waals surface area contributed by atoms with Gasteiger partial charge in [0.1, 0.15) is 5.82 Å². The molecule has 1 rings (SSSR count). The monoisotopic (exact) mass is 501 g/mol. The van der Waals surface area contributed by atoms with E-state index in [0.717, 1.165) is 25.7 Å². The minimum Gasteiger partial charge on any atom is -0.380 e. The number of nitrogens with zero attached hydrogens (tertiary/aromatic N) is 1. The Bertz CT molecular complexity index is 669. The molecule has 26 heavy (non-hydrogen) atoms. The number of halogens is 2. The number of hydrogen-bond acceptors (Lipinski definition) is 4. The van der Waals surface area contributed by atoms with Crippen molar-refractivity contribution in [3.63, 3.8) is 0 Å². The smallest absolute Gasteiger partial charge is 0.191 e. The maximum Gasteiger partial charge on any atom is 0.191 e. The molecule has 0 aliphatic rings. The average molecular weight is 501 g/mol. The van der Waals surface area contributed by atoms with Crippen LogP contribution in [0.15, 0.2) is 23.2 Å². The summed E-state index contributed by atoms with van der Waals surface area (Å²) in [6.45, 7) is 4.29. The number of nitrogens with one attached hydrogen (secondary N) is 2. The van der Waals surface area contributed by atoms with Crippen LogP contribution in [0.4, 0.5) is 4.39 Å². The van der Waals surface area contributed by atoms with Crippen molar-refractivity contribution in [2.45, 2.75) is 32.1 Å². The van der Waals surface area contributed by atoms with Gasteiger partial charge in [-0.2, -0.15) is 0 Å². The highest BCUT2D eigenvalue weighted by Gasteiger charge is 2.11. The van der Waals surface area contributed by atoms with Crippen LogP contribution in [-0.2, 0) is 26.9 Å². The van der Waals surface area contributed by atoms with Gasteiger partial charge in [0.15, 0.2) is 15.8 Å². The van der Waals surface area contributed by atoms with Crippen LogP contribution in [-0.4, -0.2) is 47.4 Å². The average Bonchev–Trinajstić information content (AvgIpc) is 2.54. The number of unbranched alkanes of at least 4 members (excludes halogenated alkanes) is 1. The van der Waals surface area contributed by atoms with E-state index < -0.39 is 15.7 Å². The second-order valence-electron chi connectivity index (χ2n) is 5.80. The highest BCUT2D eigenvalue weighted by molar-refractivity contribution is 14.0. The molecule has 0 saturated heterocycles. The van der Waals surface area contributed by atoms with Crippen LogP contribution in [0, 0.1) is 5.82 Å². The number of ether oxygens (including phenoxy) is 1. The molecule has 0 saturated carbocycles. The summed E-state index contributed by atoms with van der Waals surface area (Å²) in [5, 5.41) is 6.16. The zero-order valence-corrected chi connectivity index (χ0v) is 18.7. The summed E-state index contributed by atoms with van der Waals surface area (Å²) in [5.41, 5.74) is 1.17. The molecule has 0 unspecified atom stereocenters. The molecule has 0 bridgehead atoms. The second kappa shape index (κ2) is 13.3. The van der Waals surface area contributed by atoms with E-state index in [4.69, 9.17) is 4.74 Å². The lowest BCUT2D eigenvalue weighted by Crippen LogP contribution is -2.38. The summed E-state index contributed by atoms with van der Waals surface area (Å²) in [6.07, 6.45) is 3.29. The summed E-state index contributed by atoms with van der Waals surface area (Å²) in [4.78, 5) is 4.09. The quantitative estimate of drug-likeness (QED) is 0.223. The van der Waals surface area contributed by atoms with Gasteiger partial charge in [-0.1, -0.05) is 19.4 Å². The first kappa shape index (κ1) is 25.1. The van der Waals surface area contributed by atoms with Crippen molar-refractivity contribution < 1.29 is 17.5 Å². The molecule has 0 aliphatic heterocycles. The van der Waals surface area contributed by atoms with Crippen LogP contribution in [0.2, 0.25) is 0 Å². The highest BCUT2D eigenvalue weighted by atomic mass is 127. The van der Waals surface area contributed by atoms with Crippen molar-refractivity contribution >= 4 is 39.8 Å². The minimum absolute atomic E-state index is 0. The lowest BCUT2D eigenvalue weighted by atomic mass is 10.1. The number of benzene rings is 1. The summed E-state index contributed by atoms with van der Waals surface area (Å²) in [6, 6.07) is 4.12. The van der Waals surface area contributed by atoms with E-state index in [1.165, 1.54) is 18.2 Å². The third-order valence-electron chi connectivity index (χ3n) is 3.44. The van der Waals surface area contributed by atoms with Crippen molar-refractivity contribution in [3.05, 3.63) is 35.1 Å². The summed E-state index contributed by atoms with van der Waals surface area (Å²) >= 11 is 0. The van der Waals surface area contributed by atoms with Crippen LogP contribution >= 0.6 is 24.0 Å². The molecular formula is C17H29FIN3O3S. The number of sulfone groups is 1. The molecule has 150 valence electrons. The molecule has 0 fully saturated rings. The summed E-state index contributed by atoms with van der Waals surface area (Å²) in [5.74, 6) is 0.0247. The maximum atomic E-state index is 13.5. The Morgan fingerprint density at radius 2 is 1.96 bits per heavy atom. The molecule has 6 nitrogen and oxygen atoms in total. The molecule has 1 aromatic carbocycles. The van der Waals surface area contributed by atoms with Crippen LogP contribution in [0.3, 0.4) is 0 Å². The molecule has 2 N–H and O–H groups in total. The van der Waals surface area contributed by atoms with E-state index in [2.05, 4.69) is 22.5 Å². The Hall–Kier alpha value is -0.940. The minimum atomic E-state index is -3.19. The van der Waals surface area contributed by atoms with E-state index in [0.29, 0.717) is 30.2 Å². The van der Waals surface area contributed by atoms with Gasteiger partial charge < -0.3 is 15.4 Å². The first-order valence-corrected chi connectivity index (χ1v) is 10.4. The zero-order valence-electron chi connectivity index (χ0n) is 15.5. The molecule has 1 aromatic rings. The topological polar surface area (TPSA) is 79.8 Å². The van der Waals surface area contributed by atoms with Crippen molar-refractivity contribution in [3.8, 4) is 0 Å². The van der Waals surface area contributed by atoms with Crippen molar-refractivity contribution in [1.29, 1.82) is 0 Å². The first-order valence-electron chi connectivity index (χ1n) is 8.33. The molecule has 9 heteroatoms. The van der Waals surface area contributed by atoms with Gasteiger partial charge in [-0.05, 0) is 29.7 Å². The lowest BCUT2D eigenvalue weighted by molar-refractivity contribution is 0.136. The van der Waals surface area contributed by atoms with Crippen LogP contribution in [0.5, 0.6) is 0 Å². The Kier molecular flexibility index (Phi) is 12.8. The molecule has 0 aliphatic carbocycles. The van der Waals surface area contributed by atoms with E-state index in [1.54, 1.807) is 7.05 Å². The predicted molar refractivity (Wildman–Crippen MR) is 114 cm³/mol. The van der Waals surface area contributed by atoms with Crippen LogP contribution in [0.25, 0.3) is 0 Å². The van der Waals surface area contributed by atoms with Crippen molar-refractivity contribution in [2.24, 2.45) is 4.99 Å². The predicted octanol–water partition coefficient (Wildman–Crippen LogP) is 2.47. The van der Waals surface area contributed by atoms with Gasteiger partial charge in [0.05, 0.1) is 12.4 Å². The molecule has 0 amide bonds. The Morgan fingerprint density at radius 3 is 2.58 bits per heavy atom. The van der Waals surface area contributed by atoms with Gasteiger partial charge in [-0.3, -0.25) is 4.99 Å². The van der Waals surface area contributed by atoms with Gasteiger partial charge >= 0.3 is 0 Å². The van der Waals surface area contributed by atoms with E-state index in [9.17, 15) is 12.8 Å². The van der Waals surface area contributed by atoms with Crippen LogP contribution in [0.1, 0.15) is 30.9 Å². The summed E-state index contributed by atoms with van der Waals surface area (Å²) < 4.78 is 42.0. The molecule has 0 atom stereocenters. The maximum absolute atomic E-state index is 13.5. The number of guanidine groups is 1. The third kappa shape index (κ3) is 10.9. The zero-order chi connectivity index (χ0) is 18.7. The SMILES string of the molecule is CCCCOCCNC(=NC)NCc1cc(F)ccc1CS(C)(=O)=O.I. The second-order valence-corrected chi connectivity index (χ2v) is 7.94. The highest BCUT2D eigenvalue weighted by Crippen LogP contribution is 2.14. The van der Waals surface area contributed by atoms with E-state index in [-0.39, 0.29) is 36.3 Å². The van der Waals surface area contributed by atoms with Gasteiger partial charge in [-0.25, -0.2) is 12.8 Å². The first-order chi connectivity index (χ1) is 11.9. The molecule has 0 heterocycles. The number of hydrogen-bond donors (Lipinski definition) is 2. The largest absolute Gasteiger partial charge is 0.380 e. The number of aliphatic imine (C=N–C) groups is 1. The Morgan fingerprint density at radius 1 is 1.23 bits per heavy atom. The Balaban J connectivity index is 0.00000625. The molecule has 0 spiro atoms.